The van der Waals surface area contributed by atoms with E-state index in [9.17, 15) is 26.4 Å². The highest BCUT2D eigenvalue weighted by Crippen LogP contribution is 2.31. The van der Waals surface area contributed by atoms with Crippen LogP contribution in [0, 0.1) is 17.5 Å². The Labute approximate surface area is 151 Å². The lowest BCUT2D eigenvalue weighted by Crippen LogP contribution is -2.55. The van der Waals surface area contributed by atoms with Crippen LogP contribution in [-0.2, 0) is 15.0 Å². The summed E-state index contributed by atoms with van der Waals surface area (Å²) in [6.07, 6.45) is 0.119. The highest BCUT2D eigenvalue weighted by molar-refractivity contribution is 7.87. The van der Waals surface area contributed by atoms with Gasteiger partial charge in [-0.1, -0.05) is 6.07 Å². The molecule has 6 nitrogen and oxygen atoms in total. The van der Waals surface area contributed by atoms with Crippen LogP contribution < -0.4 is 10.0 Å². The van der Waals surface area contributed by atoms with Gasteiger partial charge in [-0.2, -0.15) is 17.4 Å². The molecule has 2 heterocycles. The Bertz CT molecular complexity index is 912. The van der Waals surface area contributed by atoms with Crippen molar-refractivity contribution < 1.29 is 26.4 Å². The van der Waals surface area contributed by atoms with Crippen LogP contribution in [0.25, 0.3) is 0 Å². The Balaban J connectivity index is 1.85. The fourth-order valence-corrected chi connectivity index (χ4v) is 4.77. The van der Waals surface area contributed by atoms with Crippen molar-refractivity contribution in [3.05, 3.63) is 52.0 Å². The van der Waals surface area contributed by atoms with Crippen LogP contribution in [0.2, 0.25) is 0 Å². The molecule has 0 aliphatic carbocycles. The van der Waals surface area contributed by atoms with E-state index in [1.807, 2.05) is 0 Å². The Morgan fingerprint density at radius 3 is 2.54 bits per heavy atom. The van der Waals surface area contributed by atoms with Crippen molar-refractivity contribution in [1.82, 2.24) is 9.03 Å². The fraction of sp³-hybridized carbons (Fsp3) is 0.267. The number of nitrogens with zero attached hydrogens (tertiary/aromatic N) is 1. The summed E-state index contributed by atoms with van der Waals surface area (Å²) in [6, 6.07) is 3.04. The molecule has 1 aromatic heterocycles. The first kappa shape index (κ1) is 18.8. The van der Waals surface area contributed by atoms with Gasteiger partial charge in [0.25, 0.3) is 10.2 Å². The molecule has 1 aliphatic rings. The predicted molar refractivity (Wildman–Crippen MR) is 90.2 cm³/mol. The van der Waals surface area contributed by atoms with Gasteiger partial charge < -0.3 is 5.32 Å². The van der Waals surface area contributed by atoms with E-state index < -0.39 is 45.7 Å². The zero-order valence-electron chi connectivity index (χ0n) is 13.4. The van der Waals surface area contributed by atoms with Crippen molar-refractivity contribution in [1.29, 1.82) is 0 Å². The molecule has 1 aliphatic heterocycles. The van der Waals surface area contributed by atoms with Gasteiger partial charge >= 0.3 is 0 Å². The number of carbonyl (C=O) groups excluding carboxylic acids is 1. The molecule has 0 radical (unpaired) electrons. The number of anilines is 1. The van der Waals surface area contributed by atoms with Crippen molar-refractivity contribution >= 4 is 33.1 Å². The van der Waals surface area contributed by atoms with Crippen LogP contribution in [-0.4, -0.2) is 31.7 Å². The number of benzene rings is 1. The summed E-state index contributed by atoms with van der Waals surface area (Å²) in [5.74, 6) is -5.34. The number of hydrogen-bond acceptors (Lipinski definition) is 4. The highest BCUT2D eigenvalue weighted by Gasteiger charge is 2.41. The Kier molecular flexibility index (Phi) is 5.06. The van der Waals surface area contributed by atoms with Gasteiger partial charge in [-0.3, -0.25) is 4.79 Å². The summed E-state index contributed by atoms with van der Waals surface area (Å²) < 4.78 is 67.5. The van der Waals surface area contributed by atoms with E-state index in [0.717, 1.165) is 9.18 Å². The van der Waals surface area contributed by atoms with Crippen molar-refractivity contribution in [3.63, 3.8) is 0 Å². The summed E-state index contributed by atoms with van der Waals surface area (Å²) in [5, 5.41) is 4.02. The van der Waals surface area contributed by atoms with Crippen LogP contribution in [0.4, 0.5) is 18.9 Å². The van der Waals surface area contributed by atoms with E-state index in [4.69, 9.17) is 0 Å². The SMILES string of the molecule is CN1[C@@H](C(=O)Nc2cc(F)c(F)c(F)c2)C[C@@H](c2cccs2)NS1(=O)=O. The summed E-state index contributed by atoms with van der Waals surface area (Å²) >= 11 is 1.34. The number of nitrogens with one attached hydrogen (secondary N) is 2. The number of rotatable bonds is 3. The third kappa shape index (κ3) is 3.61. The third-order valence-electron chi connectivity index (χ3n) is 4.01. The van der Waals surface area contributed by atoms with E-state index in [1.165, 1.54) is 18.4 Å². The van der Waals surface area contributed by atoms with Crippen LogP contribution in [0.1, 0.15) is 17.3 Å². The standard InChI is InChI=1S/C15H14F3N3O3S2/c1-21-12(7-11(20-26(21,23)24)13-3-2-4-25-13)15(22)19-8-5-9(16)14(18)10(17)6-8/h2-6,11-12,20H,7H2,1H3,(H,19,22)/t11-,12+/m0/s1. The number of amides is 1. The van der Waals surface area contributed by atoms with E-state index in [1.54, 1.807) is 17.5 Å². The van der Waals surface area contributed by atoms with Gasteiger partial charge in [0.2, 0.25) is 5.91 Å². The minimum absolute atomic E-state index is 0.119. The molecule has 1 aromatic carbocycles. The number of halogens is 3. The van der Waals surface area contributed by atoms with E-state index >= 15 is 0 Å². The zero-order chi connectivity index (χ0) is 19.1. The number of likely N-dealkylation sites (N-methyl/N-ethyl adjacent to an activating group) is 1. The van der Waals surface area contributed by atoms with E-state index in [-0.39, 0.29) is 12.1 Å². The van der Waals surface area contributed by atoms with Crippen molar-refractivity contribution in [2.45, 2.75) is 18.5 Å². The summed E-state index contributed by atoms with van der Waals surface area (Å²) in [4.78, 5) is 13.2. The second-order valence-corrected chi connectivity index (χ2v) is 8.44. The molecule has 0 spiro atoms. The number of thiophene rings is 1. The van der Waals surface area contributed by atoms with Gasteiger partial charge in [0, 0.05) is 29.7 Å². The predicted octanol–water partition coefficient (Wildman–Crippen LogP) is 2.38. The van der Waals surface area contributed by atoms with E-state index in [2.05, 4.69) is 10.0 Å². The van der Waals surface area contributed by atoms with Crippen LogP contribution in [0.3, 0.4) is 0 Å². The topological polar surface area (TPSA) is 78.5 Å². The molecule has 11 heteroatoms. The molecule has 0 unspecified atom stereocenters. The van der Waals surface area contributed by atoms with Gasteiger partial charge in [0.1, 0.15) is 6.04 Å². The van der Waals surface area contributed by atoms with Crippen molar-refractivity contribution in [2.75, 3.05) is 12.4 Å². The molecular weight excluding hydrogens is 391 g/mol. The quantitative estimate of drug-likeness (QED) is 0.770. The Morgan fingerprint density at radius 1 is 1.31 bits per heavy atom. The first-order valence-corrected chi connectivity index (χ1v) is 9.75. The fourth-order valence-electron chi connectivity index (χ4n) is 2.64. The molecule has 3 rings (SSSR count). The zero-order valence-corrected chi connectivity index (χ0v) is 15.0. The van der Waals surface area contributed by atoms with Gasteiger partial charge in [-0.05, 0) is 17.9 Å². The molecule has 140 valence electrons. The minimum Gasteiger partial charge on any atom is -0.324 e. The lowest BCUT2D eigenvalue weighted by atomic mass is 10.1. The van der Waals surface area contributed by atoms with Gasteiger partial charge in [-0.15, -0.1) is 11.3 Å². The smallest absolute Gasteiger partial charge is 0.280 e. The summed E-state index contributed by atoms with van der Waals surface area (Å²) in [7, 11) is -2.70. The molecule has 0 saturated carbocycles. The maximum Gasteiger partial charge on any atom is 0.280 e. The maximum absolute atomic E-state index is 13.3. The highest BCUT2D eigenvalue weighted by atomic mass is 32.2. The van der Waals surface area contributed by atoms with Gasteiger partial charge in [0.05, 0.1) is 6.04 Å². The molecule has 1 amide bonds. The van der Waals surface area contributed by atoms with Crippen LogP contribution in [0.15, 0.2) is 29.6 Å². The molecule has 2 atom stereocenters. The molecule has 0 bridgehead atoms. The monoisotopic (exact) mass is 405 g/mol. The minimum atomic E-state index is -3.93. The second kappa shape index (κ2) is 6.99. The Morgan fingerprint density at radius 2 is 1.96 bits per heavy atom. The van der Waals surface area contributed by atoms with Crippen LogP contribution in [0.5, 0.6) is 0 Å². The first-order valence-electron chi connectivity index (χ1n) is 7.43. The van der Waals surface area contributed by atoms with Gasteiger partial charge in [0.15, 0.2) is 17.5 Å². The molecule has 1 fully saturated rings. The lowest BCUT2D eigenvalue weighted by molar-refractivity contribution is -0.120. The largest absolute Gasteiger partial charge is 0.324 e. The molecule has 2 aromatic rings. The lowest BCUT2D eigenvalue weighted by Gasteiger charge is -2.35. The number of carbonyl (C=O) groups is 1. The average Bonchev–Trinajstić information content (AvgIpc) is 3.09. The normalized spacial score (nSPS) is 22.9. The molecular formula is C15H14F3N3O3S2. The molecule has 2 N–H and O–H groups in total. The van der Waals surface area contributed by atoms with Crippen molar-refractivity contribution in [3.8, 4) is 0 Å². The van der Waals surface area contributed by atoms with Crippen LogP contribution >= 0.6 is 11.3 Å². The van der Waals surface area contributed by atoms with Crippen molar-refractivity contribution in [2.24, 2.45) is 0 Å². The maximum atomic E-state index is 13.3. The third-order valence-corrected chi connectivity index (χ3v) is 6.59. The molecule has 1 saturated heterocycles. The average molecular weight is 405 g/mol. The van der Waals surface area contributed by atoms with Gasteiger partial charge in [-0.25, -0.2) is 13.2 Å². The first-order chi connectivity index (χ1) is 12.2. The molecule has 26 heavy (non-hydrogen) atoms. The summed E-state index contributed by atoms with van der Waals surface area (Å²) in [6.45, 7) is 0. The van der Waals surface area contributed by atoms with E-state index in [0.29, 0.717) is 12.1 Å². The summed E-state index contributed by atoms with van der Waals surface area (Å²) in [5.41, 5.74) is -0.302. The second-order valence-electron chi connectivity index (χ2n) is 5.70. The Hall–Kier alpha value is -1.95. The number of hydrogen-bond donors (Lipinski definition) is 2.